The van der Waals surface area contributed by atoms with Gasteiger partial charge in [-0.15, -0.1) is 0 Å². The summed E-state index contributed by atoms with van der Waals surface area (Å²) >= 11 is 5.72. The smallest absolute Gasteiger partial charge is 0.242 e. The maximum absolute atomic E-state index is 12.5. The third-order valence-corrected chi connectivity index (χ3v) is 6.24. The summed E-state index contributed by atoms with van der Waals surface area (Å²) in [6, 6.07) is 6.50. The van der Waals surface area contributed by atoms with E-state index in [0.29, 0.717) is 5.92 Å². The van der Waals surface area contributed by atoms with E-state index in [1.54, 1.807) is 6.26 Å². The van der Waals surface area contributed by atoms with Crippen molar-refractivity contribution in [3.05, 3.63) is 47.6 Å². The molecule has 2 aromatic rings. The minimum atomic E-state index is -3.65. The topological polar surface area (TPSA) is 75.4 Å². The number of furan rings is 1. The van der Waals surface area contributed by atoms with Crippen LogP contribution in [0.4, 0.5) is 0 Å². The van der Waals surface area contributed by atoms with Crippen molar-refractivity contribution in [2.45, 2.75) is 30.7 Å². The summed E-state index contributed by atoms with van der Waals surface area (Å²) < 4.78 is 33.3. The summed E-state index contributed by atoms with van der Waals surface area (Å²) in [6.45, 7) is 4.34. The van der Waals surface area contributed by atoms with Crippen LogP contribution in [0.2, 0.25) is 5.15 Å². The van der Waals surface area contributed by atoms with Crippen molar-refractivity contribution in [3.8, 4) is 0 Å². The number of pyridine rings is 1. The highest BCUT2D eigenvalue weighted by molar-refractivity contribution is 7.89. The van der Waals surface area contributed by atoms with Crippen LogP contribution in [0.3, 0.4) is 0 Å². The van der Waals surface area contributed by atoms with E-state index >= 15 is 0 Å². The van der Waals surface area contributed by atoms with E-state index in [1.807, 2.05) is 12.1 Å². The van der Waals surface area contributed by atoms with Gasteiger partial charge in [0.2, 0.25) is 10.0 Å². The minimum absolute atomic E-state index is 0.0994. The molecule has 8 heteroatoms. The molecule has 3 rings (SSSR count). The monoisotopic (exact) mass is 383 g/mol. The lowest BCUT2D eigenvalue weighted by Crippen LogP contribution is -2.41. The average Bonchev–Trinajstić information content (AvgIpc) is 3.11. The molecule has 1 saturated heterocycles. The van der Waals surface area contributed by atoms with Gasteiger partial charge < -0.3 is 4.42 Å². The highest BCUT2D eigenvalue weighted by Gasteiger charge is 2.28. The second kappa shape index (κ2) is 7.86. The number of likely N-dealkylation sites (tertiary alicyclic amines) is 1. The predicted octanol–water partition coefficient (Wildman–Crippen LogP) is 3.08. The fraction of sp³-hybridized carbons (Fsp3) is 0.471. The van der Waals surface area contributed by atoms with Gasteiger partial charge in [0.1, 0.15) is 15.8 Å². The average molecular weight is 384 g/mol. The molecule has 1 aliphatic rings. The second-order valence-electron chi connectivity index (χ2n) is 6.42. The van der Waals surface area contributed by atoms with Crippen LogP contribution in [0.25, 0.3) is 0 Å². The van der Waals surface area contributed by atoms with Crippen molar-refractivity contribution in [3.63, 3.8) is 0 Å². The minimum Gasteiger partial charge on any atom is -0.468 e. The molecule has 0 aliphatic carbocycles. The summed E-state index contributed by atoms with van der Waals surface area (Å²) in [5, 5.41) is 0.259. The van der Waals surface area contributed by atoms with E-state index in [2.05, 4.69) is 21.5 Å². The molecule has 3 heterocycles. The van der Waals surface area contributed by atoms with Crippen LogP contribution in [0.5, 0.6) is 0 Å². The zero-order valence-corrected chi connectivity index (χ0v) is 15.6. The van der Waals surface area contributed by atoms with E-state index in [9.17, 15) is 8.42 Å². The van der Waals surface area contributed by atoms with E-state index < -0.39 is 10.0 Å². The van der Waals surface area contributed by atoms with Crippen molar-refractivity contribution in [2.24, 2.45) is 5.92 Å². The van der Waals surface area contributed by atoms with E-state index in [0.717, 1.165) is 31.7 Å². The Labute approximate surface area is 153 Å². The quantitative estimate of drug-likeness (QED) is 0.776. The molecule has 1 atom stereocenters. The number of hydrogen-bond donors (Lipinski definition) is 1. The summed E-state index contributed by atoms with van der Waals surface area (Å²) in [4.78, 5) is 6.22. The Morgan fingerprint density at radius 1 is 1.36 bits per heavy atom. The Kier molecular flexibility index (Phi) is 5.78. The van der Waals surface area contributed by atoms with Crippen LogP contribution in [-0.2, 0) is 10.0 Å². The fourth-order valence-corrected chi connectivity index (χ4v) is 4.12. The van der Waals surface area contributed by atoms with Gasteiger partial charge in [-0.3, -0.25) is 4.90 Å². The van der Waals surface area contributed by atoms with Gasteiger partial charge in [-0.25, -0.2) is 18.1 Å². The molecule has 2 aromatic heterocycles. The molecule has 6 nitrogen and oxygen atoms in total. The van der Waals surface area contributed by atoms with Crippen molar-refractivity contribution < 1.29 is 12.8 Å². The maximum atomic E-state index is 12.5. The van der Waals surface area contributed by atoms with Gasteiger partial charge in [0.15, 0.2) is 0 Å². The van der Waals surface area contributed by atoms with E-state index in [1.165, 1.54) is 18.3 Å². The van der Waals surface area contributed by atoms with Crippen LogP contribution in [-0.4, -0.2) is 37.9 Å². The van der Waals surface area contributed by atoms with Crippen molar-refractivity contribution in [1.29, 1.82) is 0 Å². The number of nitrogens with one attached hydrogen (secondary N) is 1. The summed E-state index contributed by atoms with van der Waals surface area (Å²) in [5.74, 6) is 1.47. The fourth-order valence-electron chi connectivity index (χ4n) is 3.02. The molecular formula is C17H22ClN3O3S. The number of nitrogens with zero attached hydrogens (tertiary/aromatic N) is 2. The molecule has 0 radical (unpaired) electrons. The first-order valence-corrected chi connectivity index (χ1v) is 10.2. The Morgan fingerprint density at radius 2 is 2.12 bits per heavy atom. The van der Waals surface area contributed by atoms with E-state index in [-0.39, 0.29) is 22.6 Å². The van der Waals surface area contributed by atoms with E-state index in [4.69, 9.17) is 16.0 Å². The molecule has 1 fully saturated rings. The summed E-state index contributed by atoms with van der Waals surface area (Å²) in [6.07, 6.45) is 5.08. The third kappa shape index (κ3) is 4.61. The normalized spacial score (nSPS) is 18.3. The highest BCUT2D eigenvalue weighted by atomic mass is 35.5. The lowest BCUT2D eigenvalue weighted by atomic mass is 9.97. The SMILES string of the molecule is CC1CCN(C(CNS(=O)(=O)c2ccc(Cl)nc2)c2ccco2)CC1. The molecule has 0 saturated carbocycles. The zero-order valence-electron chi connectivity index (χ0n) is 14.1. The molecule has 0 spiro atoms. The molecule has 0 amide bonds. The molecular weight excluding hydrogens is 362 g/mol. The van der Waals surface area contributed by atoms with Crippen LogP contribution in [0.15, 0.2) is 46.0 Å². The van der Waals surface area contributed by atoms with Crippen molar-refractivity contribution >= 4 is 21.6 Å². The van der Waals surface area contributed by atoms with Gasteiger partial charge in [-0.05, 0) is 56.1 Å². The van der Waals surface area contributed by atoms with Gasteiger partial charge in [-0.1, -0.05) is 18.5 Å². The lowest BCUT2D eigenvalue weighted by molar-refractivity contribution is 0.125. The first-order chi connectivity index (χ1) is 12.0. The molecule has 136 valence electrons. The number of hydrogen-bond acceptors (Lipinski definition) is 5. The molecule has 1 unspecified atom stereocenters. The van der Waals surface area contributed by atoms with Crippen molar-refractivity contribution in [1.82, 2.24) is 14.6 Å². The van der Waals surface area contributed by atoms with Crippen LogP contribution in [0.1, 0.15) is 31.6 Å². The standard InChI is InChI=1S/C17H22ClN3O3S/c1-13-6-8-21(9-7-13)15(16-3-2-10-24-16)12-20-25(22,23)14-4-5-17(18)19-11-14/h2-5,10-11,13,15,20H,6-9,12H2,1H3. The maximum Gasteiger partial charge on any atom is 0.242 e. The number of aromatic nitrogens is 1. The van der Waals surface area contributed by atoms with Crippen LogP contribution >= 0.6 is 11.6 Å². The van der Waals surface area contributed by atoms with Gasteiger partial charge in [0.25, 0.3) is 0 Å². The Bertz CT molecular complexity index is 770. The summed E-state index contributed by atoms with van der Waals surface area (Å²) in [5.41, 5.74) is 0. The largest absolute Gasteiger partial charge is 0.468 e. The van der Waals surface area contributed by atoms with Crippen LogP contribution in [0, 0.1) is 5.92 Å². The molecule has 25 heavy (non-hydrogen) atoms. The van der Waals surface area contributed by atoms with Crippen molar-refractivity contribution in [2.75, 3.05) is 19.6 Å². The lowest BCUT2D eigenvalue weighted by Gasteiger charge is -2.35. The summed E-state index contributed by atoms with van der Waals surface area (Å²) in [7, 11) is -3.65. The number of rotatable bonds is 6. The predicted molar refractivity (Wildman–Crippen MR) is 95.9 cm³/mol. The number of halogens is 1. The molecule has 0 aromatic carbocycles. The Balaban J connectivity index is 1.73. The van der Waals surface area contributed by atoms with Gasteiger partial charge in [0.05, 0.1) is 12.3 Å². The number of sulfonamides is 1. The Morgan fingerprint density at radius 3 is 2.72 bits per heavy atom. The van der Waals surface area contributed by atoms with Gasteiger partial charge in [-0.2, -0.15) is 0 Å². The van der Waals surface area contributed by atoms with Gasteiger partial charge in [0, 0.05) is 12.7 Å². The third-order valence-electron chi connectivity index (χ3n) is 4.61. The molecule has 1 aliphatic heterocycles. The highest BCUT2D eigenvalue weighted by Crippen LogP contribution is 2.27. The van der Waals surface area contributed by atoms with Crippen LogP contribution < -0.4 is 4.72 Å². The molecule has 1 N–H and O–H groups in total. The van der Waals surface area contributed by atoms with Gasteiger partial charge >= 0.3 is 0 Å². The molecule has 0 bridgehead atoms. The first-order valence-electron chi connectivity index (χ1n) is 8.34. The number of piperidine rings is 1. The first kappa shape index (κ1) is 18.4. The second-order valence-corrected chi connectivity index (χ2v) is 8.57. The zero-order chi connectivity index (χ0) is 17.9. The Hall–Kier alpha value is -1.41.